The first-order valence-corrected chi connectivity index (χ1v) is 11.4. The standard InChI is InChI=1S/C26H23Cl2FN2O2/c1-3-30(4-2)26(32)33-24-10-9-23-21(25(24)18-13-19(27)15-20(28)14-18)11-12-31(23)16-17-7-5-6-8-22(17)29/h5-15H,3-4,16H2,1-2H3. The van der Waals surface area contributed by atoms with Gasteiger partial charge in [0, 0.05) is 51.4 Å². The molecule has 0 radical (unpaired) electrons. The van der Waals surface area contributed by atoms with Crippen molar-refractivity contribution in [1.82, 2.24) is 9.47 Å². The topological polar surface area (TPSA) is 34.5 Å². The quantitative estimate of drug-likeness (QED) is 0.281. The van der Waals surface area contributed by atoms with Gasteiger partial charge in [-0.3, -0.25) is 0 Å². The van der Waals surface area contributed by atoms with Crippen LogP contribution in [-0.4, -0.2) is 28.6 Å². The van der Waals surface area contributed by atoms with E-state index in [4.69, 9.17) is 27.9 Å². The van der Waals surface area contributed by atoms with Crippen LogP contribution in [0.2, 0.25) is 10.0 Å². The molecule has 1 heterocycles. The van der Waals surface area contributed by atoms with Gasteiger partial charge in [0.15, 0.2) is 0 Å². The summed E-state index contributed by atoms with van der Waals surface area (Å²) in [5.74, 6) is 0.146. The molecule has 0 atom stereocenters. The lowest BCUT2D eigenvalue weighted by Gasteiger charge is -2.20. The van der Waals surface area contributed by atoms with Crippen molar-refractivity contribution in [3.63, 3.8) is 0 Å². The summed E-state index contributed by atoms with van der Waals surface area (Å²) in [6.45, 7) is 5.23. The van der Waals surface area contributed by atoms with Gasteiger partial charge in [0.25, 0.3) is 0 Å². The second kappa shape index (κ2) is 9.86. The predicted octanol–water partition coefficient (Wildman–Crippen LogP) is 7.64. The maximum atomic E-state index is 14.3. The largest absolute Gasteiger partial charge is 0.415 e. The summed E-state index contributed by atoms with van der Waals surface area (Å²) in [5.41, 5.74) is 2.88. The van der Waals surface area contributed by atoms with Crippen molar-refractivity contribution in [3.05, 3.63) is 88.3 Å². The first-order valence-electron chi connectivity index (χ1n) is 10.7. The molecule has 7 heteroatoms. The molecule has 4 nitrogen and oxygen atoms in total. The Balaban J connectivity index is 1.86. The summed E-state index contributed by atoms with van der Waals surface area (Å²) < 4.78 is 22.0. The van der Waals surface area contributed by atoms with E-state index in [2.05, 4.69) is 0 Å². The first kappa shape index (κ1) is 23.1. The lowest BCUT2D eigenvalue weighted by atomic mass is 10.0. The molecule has 0 saturated heterocycles. The molecule has 0 N–H and O–H groups in total. The van der Waals surface area contributed by atoms with Crippen molar-refractivity contribution in [2.24, 2.45) is 0 Å². The summed E-state index contributed by atoms with van der Waals surface area (Å²) >= 11 is 12.6. The van der Waals surface area contributed by atoms with Crippen LogP contribution in [0.4, 0.5) is 9.18 Å². The van der Waals surface area contributed by atoms with Gasteiger partial charge in [0.05, 0.1) is 6.54 Å². The van der Waals surface area contributed by atoms with Gasteiger partial charge in [-0.15, -0.1) is 0 Å². The zero-order valence-electron chi connectivity index (χ0n) is 18.3. The molecule has 0 fully saturated rings. The second-order valence-electron chi connectivity index (χ2n) is 7.60. The van der Waals surface area contributed by atoms with Crippen molar-refractivity contribution in [2.75, 3.05) is 13.1 Å². The Labute approximate surface area is 202 Å². The highest BCUT2D eigenvalue weighted by molar-refractivity contribution is 6.35. The molecule has 4 rings (SSSR count). The highest BCUT2D eigenvalue weighted by atomic mass is 35.5. The highest BCUT2D eigenvalue weighted by Crippen LogP contribution is 2.40. The van der Waals surface area contributed by atoms with Crippen LogP contribution in [0.1, 0.15) is 19.4 Å². The van der Waals surface area contributed by atoms with Gasteiger partial charge in [0.2, 0.25) is 0 Å². The van der Waals surface area contributed by atoms with Crippen LogP contribution in [0.5, 0.6) is 5.75 Å². The van der Waals surface area contributed by atoms with E-state index in [9.17, 15) is 9.18 Å². The van der Waals surface area contributed by atoms with Crippen LogP contribution in [0.3, 0.4) is 0 Å². The molecule has 0 aliphatic rings. The van der Waals surface area contributed by atoms with Crippen LogP contribution in [0, 0.1) is 5.82 Å². The van der Waals surface area contributed by atoms with Gasteiger partial charge in [-0.05, 0) is 61.9 Å². The number of ether oxygens (including phenoxy) is 1. The highest BCUT2D eigenvalue weighted by Gasteiger charge is 2.20. The van der Waals surface area contributed by atoms with Crippen LogP contribution in [-0.2, 0) is 6.54 Å². The minimum atomic E-state index is -0.431. The van der Waals surface area contributed by atoms with E-state index >= 15 is 0 Å². The molecule has 4 aromatic rings. The van der Waals surface area contributed by atoms with Crippen molar-refractivity contribution in [2.45, 2.75) is 20.4 Å². The van der Waals surface area contributed by atoms with Crippen LogP contribution in [0.15, 0.2) is 66.9 Å². The molecule has 0 bridgehead atoms. The van der Waals surface area contributed by atoms with Crippen molar-refractivity contribution in [3.8, 4) is 16.9 Å². The molecule has 0 unspecified atom stereocenters. The number of halogens is 3. The number of aromatic nitrogens is 1. The van der Waals surface area contributed by atoms with Gasteiger partial charge < -0.3 is 14.2 Å². The lowest BCUT2D eigenvalue weighted by Crippen LogP contribution is -2.33. The van der Waals surface area contributed by atoms with Gasteiger partial charge >= 0.3 is 6.09 Å². The summed E-state index contributed by atoms with van der Waals surface area (Å²) in [6, 6.07) is 17.5. The predicted molar refractivity (Wildman–Crippen MR) is 132 cm³/mol. The zero-order valence-corrected chi connectivity index (χ0v) is 19.8. The van der Waals surface area contributed by atoms with Gasteiger partial charge in [-0.25, -0.2) is 9.18 Å². The number of carbonyl (C=O) groups is 1. The number of rotatable bonds is 6. The molecule has 0 spiro atoms. The Kier molecular flexibility index (Phi) is 6.91. The molecule has 1 amide bonds. The Morgan fingerprint density at radius 2 is 1.70 bits per heavy atom. The minimum absolute atomic E-state index is 0.258. The average molecular weight is 485 g/mol. The Morgan fingerprint density at radius 3 is 2.36 bits per heavy atom. The molecular formula is C26H23Cl2FN2O2. The molecule has 33 heavy (non-hydrogen) atoms. The van der Waals surface area contributed by atoms with Crippen molar-refractivity contribution >= 4 is 40.2 Å². The third-order valence-electron chi connectivity index (χ3n) is 5.58. The van der Waals surface area contributed by atoms with Crippen LogP contribution < -0.4 is 4.74 Å². The smallest absolute Gasteiger partial charge is 0.410 e. The summed E-state index contributed by atoms with van der Waals surface area (Å²) in [7, 11) is 0. The molecule has 170 valence electrons. The molecule has 0 aliphatic carbocycles. The van der Waals surface area contributed by atoms with Crippen molar-refractivity contribution in [1.29, 1.82) is 0 Å². The van der Waals surface area contributed by atoms with Gasteiger partial charge in [-0.2, -0.15) is 0 Å². The van der Waals surface area contributed by atoms with E-state index in [0.29, 0.717) is 46.6 Å². The molecule has 0 aliphatic heterocycles. The van der Waals surface area contributed by atoms with E-state index < -0.39 is 6.09 Å². The van der Waals surface area contributed by atoms with Crippen LogP contribution >= 0.6 is 23.2 Å². The molecule has 1 aromatic heterocycles. The SMILES string of the molecule is CCN(CC)C(=O)Oc1ccc2c(ccn2Cc2ccccc2F)c1-c1cc(Cl)cc(Cl)c1. The molecule has 3 aromatic carbocycles. The lowest BCUT2D eigenvalue weighted by molar-refractivity contribution is 0.157. The number of benzene rings is 3. The van der Waals surface area contributed by atoms with Crippen LogP contribution in [0.25, 0.3) is 22.0 Å². The van der Waals surface area contributed by atoms with E-state index in [-0.39, 0.29) is 5.82 Å². The van der Waals surface area contributed by atoms with Gasteiger partial charge in [-0.1, -0.05) is 41.4 Å². The monoisotopic (exact) mass is 484 g/mol. The molecular weight excluding hydrogens is 462 g/mol. The zero-order chi connectivity index (χ0) is 23.5. The summed E-state index contributed by atoms with van der Waals surface area (Å²) in [6.07, 6.45) is 1.46. The number of hydrogen-bond acceptors (Lipinski definition) is 2. The maximum Gasteiger partial charge on any atom is 0.415 e. The number of amides is 1. The van der Waals surface area contributed by atoms with E-state index in [1.54, 1.807) is 41.3 Å². The number of hydrogen-bond donors (Lipinski definition) is 0. The fourth-order valence-electron chi connectivity index (χ4n) is 3.92. The third kappa shape index (κ3) is 4.85. The number of carbonyl (C=O) groups excluding carboxylic acids is 1. The average Bonchev–Trinajstić information content (AvgIpc) is 3.18. The van der Waals surface area contributed by atoms with E-state index in [1.165, 1.54) is 6.07 Å². The third-order valence-corrected chi connectivity index (χ3v) is 6.02. The van der Waals surface area contributed by atoms with E-state index in [1.807, 2.05) is 42.8 Å². The maximum absolute atomic E-state index is 14.3. The fraction of sp³-hybridized carbons (Fsp3) is 0.192. The minimum Gasteiger partial charge on any atom is -0.410 e. The normalized spacial score (nSPS) is 11.1. The number of nitrogens with zero attached hydrogens (tertiary/aromatic N) is 2. The molecule has 0 saturated carbocycles. The summed E-state index contributed by atoms with van der Waals surface area (Å²) in [5, 5.41) is 1.79. The Morgan fingerprint density at radius 1 is 1.00 bits per heavy atom. The summed E-state index contributed by atoms with van der Waals surface area (Å²) in [4.78, 5) is 14.3. The Hall–Kier alpha value is -3.02. The fourth-order valence-corrected chi connectivity index (χ4v) is 4.45. The Bertz CT molecular complexity index is 1290. The van der Waals surface area contributed by atoms with Crippen molar-refractivity contribution < 1.29 is 13.9 Å². The second-order valence-corrected chi connectivity index (χ2v) is 8.48. The van der Waals surface area contributed by atoms with Gasteiger partial charge in [0.1, 0.15) is 11.6 Å². The first-order chi connectivity index (χ1) is 15.9. The van der Waals surface area contributed by atoms with E-state index in [0.717, 1.165) is 16.5 Å². The number of fused-ring (bicyclic) bond motifs is 1.